The van der Waals surface area contributed by atoms with Crippen LogP contribution in [0.2, 0.25) is 0 Å². The molecule has 80 valence electrons. The standard InChI is InChI=1S/C11H19NOS/c1-3-5-11(13,6-4-2)7-10-8-12-9-14-10/h8-9,13H,3-7H2,1-2H3. The van der Waals surface area contributed by atoms with Gasteiger partial charge < -0.3 is 5.11 Å². The van der Waals surface area contributed by atoms with Gasteiger partial charge in [0.25, 0.3) is 0 Å². The number of hydrogen-bond donors (Lipinski definition) is 1. The van der Waals surface area contributed by atoms with Crippen LogP contribution < -0.4 is 0 Å². The molecule has 1 aromatic heterocycles. The zero-order valence-corrected chi connectivity index (χ0v) is 9.81. The van der Waals surface area contributed by atoms with Crippen molar-refractivity contribution in [2.24, 2.45) is 0 Å². The van der Waals surface area contributed by atoms with E-state index in [9.17, 15) is 5.11 Å². The highest BCUT2D eigenvalue weighted by Crippen LogP contribution is 2.25. The van der Waals surface area contributed by atoms with E-state index < -0.39 is 5.60 Å². The van der Waals surface area contributed by atoms with E-state index in [-0.39, 0.29) is 0 Å². The molecule has 0 aliphatic heterocycles. The molecule has 0 aliphatic carbocycles. The summed E-state index contributed by atoms with van der Waals surface area (Å²) in [7, 11) is 0. The van der Waals surface area contributed by atoms with Gasteiger partial charge in [-0.15, -0.1) is 11.3 Å². The molecule has 0 amide bonds. The summed E-state index contributed by atoms with van der Waals surface area (Å²) in [6.07, 6.45) is 6.47. The molecule has 1 N–H and O–H groups in total. The maximum atomic E-state index is 10.4. The number of rotatable bonds is 6. The predicted molar refractivity (Wildman–Crippen MR) is 60.6 cm³/mol. The van der Waals surface area contributed by atoms with E-state index in [4.69, 9.17) is 0 Å². The van der Waals surface area contributed by atoms with E-state index in [2.05, 4.69) is 18.8 Å². The molecule has 0 bridgehead atoms. The van der Waals surface area contributed by atoms with Crippen molar-refractivity contribution in [2.45, 2.75) is 51.6 Å². The number of hydrogen-bond acceptors (Lipinski definition) is 3. The molecule has 14 heavy (non-hydrogen) atoms. The zero-order chi connectivity index (χ0) is 10.4. The Balaban J connectivity index is 2.58. The van der Waals surface area contributed by atoms with Crippen molar-refractivity contribution >= 4 is 11.3 Å². The van der Waals surface area contributed by atoms with Crippen molar-refractivity contribution in [1.29, 1.82) is 0 Å². The predicted octanol–water partition coefficient (Wildman–Crippen LogP) is 3.02. The van der Waals surface area contributed by atoms with Crippen molar-refractivity contribution in [3.05, 3.63) is 16.6 Å². The van der Waals surface area contributed by atoms with Crippen LogP contribution in [0.25, 0.3) is 0 Å². The average Bonchev–Trinajstić information content (AvgIpc) is 2.57. The lowest BCUT2D eigenvalue weighted by molar-refractivity contribution is 0.0223. The van der Waals surface area contributed by atoms with Crippen LogP contribution in [-0.2, 0) is 6.42 Å². The van der Waals surface area contributed by atoms with Gasteiger partial charge in [0.05, 0.1) is 11.1 Å². The first-order chi connectivity index (χ1) is 6.70. The van der Waals surface area contributed by atoms with Crippen LogP contribution in [0.3, 0.4) is 0 Å². The van der Waals surface area contributed by atoms with E-state index in [0.29, 0.717) is 0 Å². The van der Waals surface area contributed by atoms with Crippen molar-refractivity contribution in [3.63, 3.8) is 0 Å². The summed E-state index contributed by atoms with van der Waals surface area (Å²) in [6.45, 7) is 4.24. The fourth-order valence-corrected chi connectivity index (χ4v) is 2.62. The number of aliphatic hydroxyl groups is 1. The highest BCUT2D eigenvalue weighted by Gasteiger charge is 2.25. The Labute approximate surface area is 90.0 Å². The molecule has 0 fully saturated rings. The zero-order valence-electron chi connectivity index (χ0n) is 8.99. The number of aromatic nitrogens is 1. The quantitative estimate of drug-likeness (QED) is 0.788. The van der Waals surface area contributed by atoms with Crippen molar-refractivity contribution in [2.75, 3.05) is 0 Å². The Morgan fingerprint density at radius 1 is 1.36 bits per heavy atom. The van der Waals surface area contributed by atoms with Gasteiger partial charge in [0.2, 0.25) is 0 Å². The molecule has 0 unspecified atom stereocenters. The fourth-order valence-electron chi connectivity index (χ4n) is 1.89. The molecule has 1 rings (SSSR count). The molecule has 0 saturated heterocycles. The van der Waals surface area contributed by atoms with Crippen LogP contribution in [0, 0.1) is 0 Å². The molecule has 2 nitrogen and oxygen atoms in total. The Kier molecular flexibility index (Phi) is 4.55. The van der Waals surface area contributed by atoms with Crippen LogP contribution in [0.5, 0.6) is 0 Å². The Hall–Kier alpha value is -0.410. The van der Waals surface area contributed by atoms with E-state index >= 15 is 0 Å². The first-order valence-corrected chi connectivity index (χ1v) is 6.18. The molecule has 1 heterocycles. The van der Waals surface area contributed by atoms with Crippen molar-refractivity contribution in [1.82, 2.24) is 4.98 Å². The largest absolute Gasteiger partial charge is 0.390 e. The molecule has 3 heteroatoms. The van der Waals surface area contributed by atoms with Gasteiger partial charge in [-0.05, 0) is 12.8 Å². The summed E-state index contributed by atoms with van der Waals surface area (Å²) in [5, 5.41) is 10.4. The number of thiazole rings is 1. The van der Waals surface area contributed by atoms with Gasteiger partial charge in [-0.25, -0.2) is 0 Å². The maximum absolute atomic E-state index is 10.4. The minimum absolute atomic E-state index is 0.504. The van der Waals surface area contributed by atoms with Gasteiger partial charge in [0.15, 0.2) is 0 Å². The lowest BCUT2D eigenvalue weighted by atomic mass is 9.89. The first-order valence-electron chi connectivity index (χ1n) is 5.30. The van der Waals surface area contributed by atoms with Crippen molar-refractivity contribution < 1.29 is 5.11 Å². The third-order valence-corrected chi connectivity index (χ3v) is 3.20. The highest BCUT2D eigenvalue weighted by atomic mass is 32.1. The minimum atomic E-state index is -0.504. The summed E-state index contributed by atoms with van der Waals surface area (Å²) >= 11 is 1.63. The second kappa shape index (κ2) is 5.47. The fraction of sp³-hybridized carbons (Fsp3) is 0.727. The molecule has 0 atom stereocenters. The van der Waals surface area contributed by atoms with E-state index in [1.54, 1.807) is 11.3 Å². The van der Waals surface area contributed by atoms with Crippen LogP contribution >= 0.6 is 11.3 Å². The summed E-state index contributed by atoms with van der Waals surface area (Å²) in [5.41, 5.74) is 1.32. The van der Waals surface area contributed by atoms with Gasteiger partial charge in [-0.1, -0.05) is 26.7 Å². The third-order valence-electron chi connectivity index (χ3n) is 2.42. The molecule has 0 aliphatic rings. The van der Waals surface area contributed by atoms with Crippen LogP contribution in [0.15, 0.2) is 11.7 Å². The monoisotopic (exact) mass is 213 g/mol. The molecular weight excluding hydrogens is 194 g/mol. The Bertz CT molecular complexity index is 240. The third kappa shape index (κ3) is 3.39. The second-order valence-corrected chi connectivity index (χ2v) is 4.84. The normalized spacial score (nSPS) is 11.9. The van der Waals surface area contributed by atoms with Crippen molar-refractivity contribution in [3.8, 4) is 0 Å². The van der Waals surface area contributed by atoms with Crippen LogP contribution in [-0.4, -0.2) is 15.7 Å². The minimum Gasteiger partial charge on any atom is -0.390 e. The summed E-state index contributed by atoms with van der Waals surface area (Å²) in [6, 6.07) is 0. The van der Waals surface area contributed by atoms with Gasteiger partial charge >= 0.3 is 0 Å². The smallest absolute Gasteiger partial charge is 0.0794 e. The summed E-state index contributed by atoms with van der Waals surface area (Å²) < 4.78 is 0. The summed E-state index contributed by atoms with van der Waals surface area (Å²) in [5.74, 6) is 0. The first kappa shape index (κ1) is 11.7. The maximum Gasteiger partial charge on any atom is 0.0794 e. The summed E-state index contributed by atoms with van der Waals surface area (Å²) in [4.78, 5) is 5.22. The molecule has 0 aromatic carbocycles. The van der Waals surface area contributed by atoms with Gasteiger partial charge in [0, 0.05) is 17.5 Å². The topological polar surface area (TPSA) is 33.1 Å². The van der Waals surface area contributed by atoms with Crippen LogP contribution in [0.4, 0.5) is 0 Å². The van der Waals surface area contributed by atoms with E-state index in [1.807, 2.05) is 11.7 Å². The SMILES string of the molecule is CCCC(O)(CCC)Cc1cncs1. The molecule has 1 aromatic rings. The van der Waals surface area contributed by atoms with Gasteiger partial charge in [0.1, 0.15) is 0 Å². The lowest BCUT2D eigenvalue weighted by Crippen LogP contribution is -2.30. The van der Waals surface area contributed by atoms with E-state index in [1.165, 1.54) is 4.88 Å². The molecule has 0 saturated carbocycles. The van der Waals surface area contributed by atoms with Gasteiger partial charge in [-0.3, -0.25) is 4.98 Å². The highest BCUT2D eigenvalue weighted by molar-refractivity contribution is 7.09. The molecular formula is C11H19NOS. The Morgan fingerprint density at radius 2 is 2.00 bits per heavy atom. The molecule has 0 radical (unpaired) electrons. The van der Waals surface area contributed by atoms with Gasteiger partial charge in [-0.2, -0.15) is 0 Å². The lowest BCUT2D eigenvalue weighted by Gasteiger charge is -2.26. The van der Waals surface area contributed by atoms with E-state index in [0.717, 1.165) is 32.1 Å². The second-order valence-electron chi connectivity index (χ2n) is 3.87. The number of nitrogens with zero attached hydrogens (tertiary/aromatic N) is 1. The van der Waals surface area contributed by atoms with Crippen LogP contribution in [0.1, 0.15) is 44.4 Å². The Morgan fingerprint density at radius 3 is 2.43 bits per heavy atom. The average molecular weight is 213 g/mol. The molecule has 0 spiro atoms.